The largest absolute Gasteiger partial charge is 0.493 e. The maximum atomic E-state index is 13.6. The van der Waals surface area contributed by atoms with Gasteiger partial charge in [-0.15, -0.1) is 0 Å². The summed E-state index contributed by atoms with van der Waals surface area (Å²) in [6, 6.07) is 16.1. The number of nitrogens with zero attached hydrogens (tertiary/aromatic N) is 2. The quantitative estimate of drug-likeness (QED) is 0.358. The van der Waals surface area contributed by atoms with Crippen molar-refractivity contribution in [1.82, 2.24) is 9.88 Å². The molecular weight excluding hydrogens is 432 g/mol. The predicted molar refractivity (Wildman–Crippen MR) is 134 cm³/mol. The Morgan fingerprint density at radius 2 is 1.82 bits per heavy atom. The Bertz CT molecular complexity index is 1280. The van der Waals surface area contributed by atoms with Crippen LogP contribution in [-0.2, 0) is 0 Å². The summed E-state index contributed by atoms with van der Waals surface area (Å²) in [6.07, 6.45) is 1.64. The first-order valence-corrected chi connectivity index (χ1v) is 12.3. The fraction of sp³-hybridized carbons (Fsp3) is 0.333. The summed E-state index contributed by atoms with van der Waals surface area (Å²) in [7, 11) is 0. The lowest BCUT2D eigenvalue weighted by Crippen LogP contribution is -2.42. The Kier molecular flexibility index (Phi) is 5.94. The number of carbonyl (C=O) groups excluding carboxylic acids is 1. The zero-order valence-corrected chi connectivity index (χ0v) is 20.1. The van der Waals surface area contributed by atoms with Crippen molar-refractivity contribution < 1.29 is 14.3 Å². The summed E-state index contributed by atoms with van der Waals surface area (Å²) in [4.78, 5) is 20.2. The van der Waals surface area contributed by atoms with Crippen LogP contribution in [0.2, 0.25) is 0 Å². The summed E-state index contributed by atoms with van der Waals surface area (Å²) in [5, 5.41) is 2.70. The molecule has 0 aliphatic carbocycles. The lowest BCUT2D eigenvalue weighted by Gasteiger charge is -2.32. The van der Waals surface area contributed by atoms with E-state index in [9.17, 15) is 4.79 Å². The molecule has 1 aliphatic rings. The maximum Gasteiger partial charge on any atom is 0.274 e. The van der Waals surface area contributed by atoms with Crippen molar-refractivity contribution in [3.8, 4) is 10.9 Å². The molecule has 0 unspecified atom stereocenters. The minimum atomic E-state index is 0.0277. The van der Waals surface area contributed by atoms with E-state index in [2.05, 4.69) is 26.0 Å². The van der Waals surface area contributed by atoms with Gasteiger partial charge in [-0.3, -0.25) is 4.79 Å². The van der Waals surface area contributed by atoms with Gasteiger partial charge in [0.05, 0.1) is 22.4 Å². The summed E-state index contributed by atoms with van der Waals surface area (Å²) in [5.41, 5.74) is 4.08. The number of piperidine rings is 1. The SMILES string of the molecule is CCOc1ccc2ccccc2c1C(=O)N1CCC(Oc2nc3c(C)ccc(C)c3s2)CC1. The van der Waals surface area contributed by atoms with Gasteiger partial charge in [-0.25, -0.2) is 4.98 Å². The first-order chi connectivity index (χ1) is 16.0. The van der Waals surface area contributed by atoms with Crippen molar-refractivity contribution in [2.45, 2.75) is 39.7 Å². The van der Waals surface area contributed by atoms with Crippen LogP contribution in [-0.4, -0.2) is 41.6 Å². The zero-order valence-electron chi connectivity index (χ0n) is 19.3. The fourth-order valence-corrected chi connectivity index (χ4v) is 5.54. The van der Waals surface area contributed by atoms with E-state index >= 15 is 0 Å². The number of hydrogen-bond acceptors (Lipinski definition) is 5. The van der Waals surface area contributed by atoms with Gasteiger partial charge in [-0.05, 0) is 48.7 Å². The molecule has 1 saturated heterocycles. The highest BCUT2D eigenvalue weighted by Gasteiger charge is 2.28. The number of rotatable bonds is 5. The Labute approximate surface area is 198 Å². The van der Waals surface area contributed by atoms with E-state index in [-0.39, 0.29) is 12.0 Å². The monoisotopic (exact) mass is 460 g/mol. The Balaban J connectivity index is 1.32. The molecule has 0 saturated carbocycles. The highest BCUT2D eigenvalue weighted by molar-refractivity contribution is 7.20. The normalized spacial score (nSPS) is 14.7. The molecule has 0 radical (unpaired) electrons. The van der Waals surface area contributed by atoms with Crippen LogP contribution in [0.15, 0.2) is 48.5 Å². The smallest absolute Gasteiger partial charge is 0.274 e. The van der Waals surface area contributed by atoms with Crippen LogP contribution < -0.4 is 9.47 Å². The van der Waals surface area contributed by atoms with E-state index < -0.39 is 0 Å². The van der Waals surface area contributed by atoms with Crippen LogP contribution >= 0.6 is 11.3 Å². The average molecular weight is 461 g/mol. The Hall–Kier alpha value is -3.12. The van der Waals surface area contributed by atoms with Crippen molar-refractivity contribution in [3.05, 3.63) is 65.2 Å². The third kappa shape index (κ3) is 4.15. The number of fused-ring (bicyclic) bond motifs is 2. The molecule has 1 aromatic heterocycles. The molecule has 2 heterocycles. The Morgan fingerprint density at radius 1 is 1.06 bits per heavy atom. The molecule has 1 fully saturated rings. The second kappa shape index (κ2) is 9.02. The van der Waals surface area contributed by atoms with Gasteiger partial charge in [-0.2, -0.15) is 0 Å². The van der Waals surface area contributed by atoms with Gasteiger partial charge in [0.2, 0.25) is 0 Å². The molecule has 0 spiro atoms. The lowest BCUT2D eigenvalue weighted by molar-refractivity contribution is 0.0594. The third-order valence-corrected chi connectivity index (χ3v) is 7.41. The first kappa shape index (κ1) is 21.7. The summed E-state index contributed by atoms with van der Waals surface area (Å²) >= 11 is 1.61. The van der Waals surface area contributed by atoms with Crippen LogP contribution in [0.1, 0.15) is 41.3 Å². The summed E-state index contributed by atoms with van der Waals surface area (Å²) in [6.45, 7) is 7.96. The van der Waals surface area contributed by atoms with E-state index in [1.165, 1.54) is 15.8 Å². The van der Waals surface area contributed by atoms with Gasteiger partial charge in [0.15, 0.2) is 0 Å². The molecule has 3 aromatic carbocycles. The molecule has 170 valence electrons. The second-order valence-electron chi connectivity index (χ2n) is 8.56. The van der Waals surface area contributed by atoms with Crippen LogP contribution in [0, 0.1) is 13.8 Å². The third-order valence-electron chi connectivity index (χ3n) is 6.32. The maximum absolute atomic E-state index is 13.6. The molecule has 6 heteroatoms. The van der Waals surface area contributed by atoms with Gasteiger partial charge >= 0.3 is 0 Å². The molecule has 0 N–H and O–H groups in total. The average Bonchev–Trinajstić information content (AvgIpc) is 3.27. The number of amides is 1. The summed E-state index contributed by atoms with van der Waals surface area (Å²) in [5.74, 6) is 0.680. The molecule has 1 amide bonds. The molecular formula is C27H28N2O3S. The standard InChI is InChI=1S/C27H28N2O3S/c1-4-31-22-12-11-19-7-5-6-8-21(19)23(22)26(30)29-15-13-20(14-16-29)32-27-28-24-17(2)9-10-18(3)25(24)33-27/h5-12,20H,4,13-16H2,1-3H3. The minimum absolute atomic E-state index is 0.0277. The molecule has 5 rings (SSSR count). The van der Waals surface area contributed by atoms with Crippen LogP contribution in [0.3, 0.4) is 0 Å². The number of aryl methyl sites for hydroxylation is 2. The molecule has 5 nitrogen and oxygen atoms in total. The highest BCUT2D eigenvalue weighted by atomic mass is 32.1. The van der Waals surface area contributed by atoms with Crippen molar-refractivity contribution >= 4 is 38.2 Å². The highest BCUT2D eigenvalue weighted by Crippen LogP contribution is 2.34. The molecule has 0 bridgehead atoms. The Morgan fingerprint density at radius 3 is 2.58 bits per heavy atom. The number of hydrogen-bond donors (Lipinski definition) is 0. The number of benzene rings is 3. The van der Waals surface area contributed by atoms with Gasteiger partial charge in [0.25, 0.3) is 11.1 Å². The van der Waals surface area contributed by atoms with Gasteiger partial charge in [-0.1, -0.05) is 53.8 Å². The van der Waals surface area contributed by atoms with Crippen LogP contribution in [0.25, 0.3) is 21.0 Å². The molecule has 0 atom stereocenters. The van der Waals surface area contributed by atoms with E-state index in [0.29, 0.717) is 31.0 Å². The predicted octanol–water partition coefficient (Wildman–Crippen LogP) is 6.15. The minimum Gasteiger partial charge on any atom is -0.493 e. The number of carbonyl (C=O) groups is 1. The van der Waals surface area contributed by atoms with Crippen LogP contribution in [0.5, 0.6) is 10.9 Å². The molecule has 33 heavy (non-hydrogen) atoms. The van der Waals surface area contributed by atoms with E-state index in [1.807, 2.05) is 48.2 Å². The summed E-state index contributed by atoms with van der Waals surface area (Å²) < 4.78 is 13.3. The number of ether oxygens (including phenoxy) is 2. The van der Waals surface area contributed by atoms with E-state index in [4.69, 9.17) is 14.5 Å². The second-order valence-corrected chi connectivity index (χ2v) is 9.52. The van der Waals surface area contributed by atoms with Gasteiger partial charge < -0.3 is 14.4 Å². The van der Waals surface area contributed by atoms with Gasteiger partial charge in [0, 0.05) is 25.9 Å². The van der Waals surface area contributed by atoms with Crippen molar-refractivity contribution in [1.29, 1.82) is 0 Å². The molecule has 1 aliphatic heterocycles. The molecule has 4 aromatic rings. The van der Waals surface area contributed by atoms with Crippen molar-refractivity contribution in [3.63, 3.8) is 0 Å². The number of thiazole rings is 1. The first-order valence-electron chi connectivity index (χ1n) is 11.5. The van der Waals surface area contributed by atoms with E-state index in [0.717, 1.165) is 34.3 Å². The van der Waals surface area contributed by atoms with E-state index in [1.54, 1.807) is 11.3 Å². The topological polar surface area (TPSA) is 51.7 Å². The van der Waals surface area contributed by atoms with Crippen LogP contribution in [0.4, 0.5) is 0 Å². The fourth-order valence-electron chi connectivity index (χ4n) is 4.52. The number of aromatic nitrogens is 1. The zero-order chi connectivity index (χ0) is 22.9. The number of likely N-dealkylation sites (tertiary alicyclic amines) is 1. The van der Waals surface area contributed by atoms with Crippen molar-refractivity contribution in [2.24, 2.45) is 0 Å². The van der Waals surface area contributed by atoms with Gasteiger partial charge in [0.1, 0.15) is 11.9 Å². The van der Waals surface area contributed by atoms with Crippen molar-refractivity contribution in [2.75, 3.05) is 19.7 Å². The lowest BCUT2D eigenvalue weighted by atomic mass is 10.0.